The van der Waals surface area contributed by atoms with E-state index in [-0.39, 0.29) is 5.78 Å². The van der Waals surface area contributed by atoms with E-state index in [0.29, 0.717) is 11.4 Å². The summed E-state index contributed by atoms with van der Waals surface area (Å²) in [6.07, 6.45) is 0. The number of rotatable bonds is 2. The second kappa shape index (κ2) is 6.46. The van der Waals surface area contributed by atoms with Gasteiger partial charge in [0.15, 0.2) is 0 Å². The molecule has 0 aliphatic rings. The third-order valence-corrected chi connectivity index (χ3v) is 5.65. The molecule has 0 saturated carbocycles. The van der Waals surface area contributed by atoms with E-state index in [0.717, 1.165) is 43.4 Å². The second-order valence-corrected chi connectivity index (χ2v) is 7.38. The van der Waals surface area contributed by atoms with E-state index in [1.807, 2.05) is 97.1 Å². The Morgan fingerprint density at radius 3 is 1.20 bits per heavy atom. The van der Waals surface area contributed by atoms with Gasteiger partial charge in [-0.25, -0.2) is 9.97 Å². The molecule has 2 aromatic heterocycles. The summed E-state index contributed by atoms with van der Waals surface area (Å²) in [6, 6.07) is 31.8. The maximum absolute atomic E-state index is 13.8. The van der Waals surface area contributed by atoms with Crippen molar-refractivity contribution in [3.05, 3.63) is 108 Å². The van der Waals surface area contributed by atoms with E-state index >= 15 is 0 Å². The van der Waals surface area contributed by atoms with Gasteiger partial charge in [-0.3, -0.25) is 4.79 Å². The lowest BCUT2D eigenvalue weighted by atomic mass is 9.97. The van der Waals surface area contributed by atoms with E-state index in [1.54, 1.807) is 0 Å². The van der Waals surface area contributed by atoms with Gasteiger partial charge >= 0.3 is 0 Å². The molecule has 2 heterocycles. The van der Waals surface area contributed by atoms with Crippen LogP contribution in [0.25, 0.3) is 43.4 Å². The summed E-state index contributed by atoms with van der Waals surface area (Å²) >= 11 is 0. The fourth-order valence-electron chi connectivity index (χ4n) is 4.27. The molecule has 0 spiro atoms. The van der Waals surface area contributed by atoms with Gasteiger partial charge in [-0.05, 0) is 22.9 Å². The Morgan fingerprint density at radius 2 is 0.767 bits per heavy atom. The summed E-state index contributed by atoms with van der Waals surface area (Å²) in [7, 11) is 0. The lowest BCUT2D eigenvalue weighted by molar-refractivity contribution is 0.103. The first-order valence-electron chi connectivity index (χ1n) is 9.91. The maximum Gasteiger partial charge on any atom is 0.230 e. The highest BCUT2D eigenvalue weighted by molar-refractivity contribution is 6.24. The molecule has 0 N–H and O–H groups in total. The Balaban J connectivity index is 1.70. The summed E-state index contributed by atoms with van der Waals surface area (Å²) in [5, 5.41) is 5.83. The molecule has 6 rings (SSSR count). The van der Waals surface area contributed by atoms with Gasteiger partial charge in [0.05, 0.1) is 11.0 Å². The third kappa shape index (κ3) is 2.42. The van der Waals surface area contributed by atoms with Gasteiger partial charge in [-0.1, -0.05) is 84.9 Å². The van der Waals surface area contributed by atoms with Crippen LogP contribution in [0.15, 0.2) is 97.1 Å². The van der Waals surface area contributed by atoms with Crippen LogP contribution in [0.3, 0.4) is 0 Å². The monoisotopic (exact) mass is 384 g/mol. The predicted molar refractivity (Wildman–Crippen MR) is 122 cm³/mol. The Labute approximate surface area is 172 Å². The molecule has 3 nitrogen and oxygen atoms in total. The van der Waals surface area contributed by atoms with Gasteiger partial charge in [-0.2, -0.15) is 0 Å². The normalized spacial score (nSPS) is 11.5. The molecule has 0 radical (unpaired) electrons. The van der Waals surface area contributed by atoms with Crippen molar-refractivity contribution in [1.29, 1.82) is 0 Å². The minimum Gasteiger partial charge on any atom is -0.285 e. The molecule has 3 heteroatoms. The maximum atomic E-state index is 13.8. The van der Waals surface area contributed by atoms with Crippen LogP contribution in [0, 0.1) is 0 Å². The Bertz CT molecular complexity index is 1500. The summed E-state index contributed by atoms with van der Waals surface area (Å²) in [4.78, 5) is 23.4. The molecule has 140 valence electrons. The quantitative estimate of drug-likeness (QED) is 0.259. The second-order valence-electron chi connectivity index (χ2n) is 7.38. The number of benzene rings is 4. The molecular weight excluding hydrogens is 368 g/mol. The molecule has 0 saturated heterocycles. The Morgan fingerprint density at radius 1 is 0.433 bits per heavy atom. The van der Waals surface area contributed by atoms with Crippen molar-refractivity contribution < 1.29 is 4.79 Å². The average molecular weight is 384 g/mol. The number of fused-ring (bicyclic) bond motifs is 6. The van der Waals surface area contributed by atoms with Crippen LogP contribution >= 0.6 is 0 Å². The van der Waals surface area contributed by atoms with Gasteiger partial charge in [0, 0.05) is 21.5 Å². The van der Waals surface area contributed by atoms with Crippen LogP contribution in [-0.4, -0.2) is 15.8 Å². The third-order valence-electron chi connectivity index (χ3n) is 5.65. The number of ketones is 1. The number of hydrogen-bond acceptors (Lipinski definition) is 3. The molecule has 0 unspecified atom stereocenters. The van der Waals surface area contributed by atoms with E-state index in [9.17, 15) is 4.79 Å². The first kappa shape index (κ1) is 16.8. The van der Waals surface area contributed by atoms with Crippen molar-refractivity contribution in [3.8, 4) is 0 Å². The number of nitrogens with zero attached hydrogens (tertiary/aromatic N) is 2. The fraction of sp³-hybridized carbons (Fsp3) is 0. The summed E-state index contributed by atoms with van der Waals surface area (Å²) in [6.45, 7) is 0. The highest BCUT2D eigenvalue weighted by Crippen LogP contribution is 2.31. The van der Waals surface area contributed by atoms with Crippen LogP contribution < -0.4 is 0 Å². The van der Waals surface area contributed by atoms with Crippen LogP contribution in [0.5, 0.6) is 0 Å². The number of pyridine rings is 2. The van der Waals surface area contributed by atoms with Crippen molar-refractivity contribution >= 4 is 49.1 Å². The fourth-order valence-corrected chi connectivity index (χ4v) is 4.27. The smallest absolute Gasteiger partial charge is 0.230 e. The molecule has 0 fully saturated rings. The van der Waals surface area contributed by atoms with Crippen molar-refractivity contribution in [2.45, 2.75) is 0 Å². The topological polar surface area (TPSA) is 42.9 Å². The van der Waals surface area contributed by atoms with Gasteiger partial charge in [0.1, 0.15) is 11.4 Å². The number of aromatic nitrogens is 2. The first-order chi connectivity index (χ1) is 14.8. The molecule has 0 amide bonds. The lowest BCUT2D eigenvalue weighted by Crippen LogP contribution is -2.09. The van der Waals surface area contributed by atoms with Gasteiger partial charge in [0.2, 0.25) is 5.78 Å². The Kier molecular flexibility index (Phi) is 3.62. The van der Waals surface area contributed by atoms with E-state index in [4.69, 9.17) is 9.97 Å². The molecular formula is C27H16N2O. The van der Waals surface area contributed by atoms with Crippen LogP contribution in [0.4, 0.5) is 0 Å². The molecule has 30 heavy (non-hydrogen) atoms. The van der Waals surface area contributed by atoms with Gasteiger partial charge in [0.25, 0.3) is 0 Å². The van der Waals surface area contributed by atoms with Crippen LogP contribution in [0.2, 0.25) is 0 Å². The largest absolute Gasteiger partial charge is 0.285 e. The van der Waals surface area contributed by atoms with Crippen LogP contribution in [-0.2, 0) is 0 Å². The molecule has 6 aromatic rings. The molecule has 0 atom stereocenters. The van der Waals surface area contributed by atoms with Crippen molar-refractivity contribution in [2.24, 2.45) is 0 Å². The predicted octanol–water partition coefficient (Wildman–Crippen LogP) is 6.32. The van der Waals surface area contributed by atoms with Crippen LogP contribution in [0.1, 0.15) is 16.2 Å². The molecule has 0 aliphatic heterocycles. The SMILES string of the molecule is O=C(c1nc2ccccc2c2ccccc12)c1nc2ccccc2c2ccccc12. The first-order valence-corrected chi connectivity index (χ1v) is 9.91. The zero-order valence-corrected chi connectivity index (χ0v) is 16.0. The highest BCUT2D eigenvalue weighted by Gasteiger charge is 2.21. The highest BCUT2D eigenvalue weighted by atomic mass is 16.1. The standard InChI is InChI=1S/C27H16N2O/c30-27(25-21-13-3-1-9-17(21)19-11-5-7-15-23(19)28-25)26-22-14-4-2-10-18(22)20-12-6-8-16-24(20)29-26/h1-16H. The van der Waals surface area contributed by atoms with Crippen molar-refractivity contribution in [3.63, 3.8) is 0 Å². The van der Waals surface area contributed by atoms with Crippen molar-refractivity contribution in [1.82, 2.24) is 9.97 Å². The zero-order chi connectivity index (χ0) is 20.1. The van der Waals surface area contributed by atoms with Crippen molar-refractivity contribution in [2.75, 3.05) is 0 Å². The molecule has 0 aliphatic carbocycles. The summed E-state index contributed by atoms with van der Waals surface area (Å²) in [5.74, 6) is -0.154. The number of para-hydroxylation sites is 2. The van der Waals surface area contributed by atoms with E-state index in [2.05, 4.69) is 0 Å². The Hall–Kier alpha value is -4.11. The molecule has 0 bridgehead atoms. The number of carbonyl (C=O) groups excluding carboxylic acids is 1. The summed E-state index contributed by atoms with van der Waals surface area (Å²) < 4.78 is 0. The van der Waals surface area contributed by atoms with E-state index < -0.39 is 0 Å². The van der Waals surface area contributed by atoms with Gasteiger partial charge in [-0.15, -0.1) is 0 Å². The van der Waals surface area contributed by atoms with Gasteiger partial charge < -0.3 is 0 Å². The average Bonchev–Trinajstić information content (AvgIpc) is 2.82. The summed E-state index contributed by atoms with van der Waals surface area (Å²) in [5.41, 5.74) is 2.50. The minimum atomic E-state index is -0.154. The number of carbonyl (C=O) groups is 1. The molecule has 4 aromatic carbocycles. The lowest BCUT2D eigenvalue weighted by Gasteiger charge is -2.11. The minimum absolute atomic E-state index is 0.154. The number of hydrogen-bond donors (Lipinski definition) is 0. The van der Waals surface area contributed by atoms with E-state index in [1.165, 1.54) is 0 Å². The zero-order valence-electron chi connectivity index (χ0n) is 16.0.